The van der Waals surface area contributed by atoms with Crippen LogP contribution in [-0.4, -0.2) is 41.4 Å². The normalized spacial score (nSPS) is 20.2. The van der Waals surface area contributed by atoms with Crippen molar-refractivity contribution in [3.63, 3.8) is 0 Å². The molecule has 1 aliphatic rings. The predicted octanol–water partition coefficient (Wildman–Crippen LogP) is 2.73. The van der Waals surface area contributed by atoms with Crippen molar-refractivity contribution < 1.29 is 9.32 Å². The van der Waals surface area contributed by atoms with Crippen molar-refractivity contribution in [3.8, 4) is 0 Å². The van der Waals surface area contributed by atoms with E-state index in [1.54, 1.807) is 11.8 Å². The van der Waals surface area contributed by atoms with Gasteiger partial charge in [0.2, 0.25) is 5.91 Å². The van der Waals surface area contributed by atoms with E-state index in [0.29, 0.717) is 24.1 Å². The second-order valence-corrected chi connectivity index (χ2v) is 7.59. The van der Waals surface area contributed by atoms with Crippen LogP contribution >= 0.6 is 11.8 Å². The number of carbonyl (C=O) groups excluding carboxylic acids is 1. The maximum absolute atomic E-state index is 12.6. The zero-order valence-electron chi connectivity index (χ0n) is 14.8. The minimum atomic E-state index is 0.189. The number of benzene rings is 1. The van der Waals surface area contributed by atoms with E-state index >= 15 is 0 Å². The number of hydrogen-bond donors (Lipinski definition) is 1. The van der Waals surface area contributed by atoms with Gasteiger partial charge >= 0.3 is 0 Å². The summed E-state index contributed by atoms with van der Waals surface area (Å²) in [6, 6.07) is 10.4. The van der Waals surface area contributed by atoms with Gasteiger partial charge < -0.3 is 15.2 Å². The highest BCUT2D eigenvalue weighted by Crippen LogP contribution is 2.32. The number of nitrogens with two attached hydrogens (primary N) is 1. The summed E-state index contributed by atoms with van der Waals surface area (Å²) in [5.74, 6) is 2.92. The molecule has 1 aromatic carbocycles. The molecule has 0 spiro atoms. The smallest absolute Gasteiger partial charge is 0.232 e. The Hall–Kier alpha value is -1.79. The first-order valence-electron chi connectivity index (χ1n) is 8.62. The van der Waals surface area contributed by atoms with Crippen LogP contribution < -0.4 is 5.73 Å². The molecule has 1 aliphatic heterocycles. The topological polar surface area (TPSA) is 72.4 Å². The summed E-state index contributed by atoms with van der Waals surface area (Å²) in [7, 11) is 0. The molecule has 0 radical (unpaired) electrons. The van der Waals surface area contributed by atoms with Gasteiger partial charge in [-0.1, -0.05) is 35.5 Å². The van der Waals surface area contributed by atoms with Crippen LogP contribution in [0.2, 0.25) is 0 Å². The van der Waals surface area contributed by atoms with Crippen molar-refractivity contribution in [1.29, 1.82) is 0 Å². The van der Waals surface area contributed by atoms with Crippen LogP contribution in [0.3, 0.4) is 0 Å². The quantitative estimate of drug-likeness (QED) is 0.858. The summed E-state index contributed by atoms with van der Waals surface area (Å²) >= 11 is 1.62. The lowest BCUT2D eigenvalue weighted by Crippen LogP contribution is -2.31. The molecule has 1 fully saturated rings. The molecule has 0 aliphatic carbocycles. The van der Waals surface area contributed by atoms with Gasteiger partial charge in [0.15, 0.2) is 0 Å². The number of hydrogen-bond acceptors (Lipinski definition) is 5. The summed E-state index contributed by atoms with van der Waals surface area (Å²) in [6.07, 6.45) is 0. The third kappa shape index (κ3) is 4.07. The number of aryl methyl sites for hydroxylation is 2. The zero-order valence-corrected chi connectivity index (χ0v) is 15.6. The highest BCUT2D eigenvalue weighted by Gasteiger charge is 2.35. The van der Waals surface area contributed by atoms with Crippen molar-refractivity contribution in [1.82, 2.24) is 10.1 Å². The molecule has 2 atom stereocenters. The molecule has 0 saturated carbocycles. The summed E-state index contributed by atoms with van der Waals surface area (Å²) in [6.45, 7) is 5.96. The Morgan fingerprint density at radius 2 is 2.08 bits per heavy atom. The summed E-state index contributed by atoms with van der Waals surface area (Å²) in [5, 5.41) is 3.96. The molecule has 1 saturated heterocycles. The van der Waals surface area contributed by atoms with Crippen molar-refractivity contribution in [2.45, 2.75) is 25.5 Å². The second-order valence-electron chi connectivity index (χ2n) is 6.61. The maximum Gasteiger partial charge on any atom is 0.232 e. The highest BCUT2D eigenvalue weighted by molar-refractivity contribution is 7.99. The fraction of sp³-hybridized carbons (Fsp3) is 0.474. The predicted molar refractivity (Wildman–Crippen MR) is 100 cm³/mol. The number of rotatable bonds is 6. The third-order valence-electron chi connectivity index (χ3n) is 4.98. The molecule has 0 bridgehead atoms. The standard InChI is InChI=1S/C19H25N3O2S/c1-13-18(14(2)24-21-13)11-25-12-19(23)22-9-16(8-20)17(10-22)15-6-4-3-5-7-15/h3-7,16-17H,8-12,20H2,1-2H3/t16-,17+/m1/s1. The van der Waals surface area contributed by atoms with Crippen molar-refractivity contribution in [2.24, 2.45) is 11.7 Å². The van der Waals surface area contributed by atoms with Gasteiger partial charge in [0, 0.05) is 30.3 Å². The number of amides is 1. The molecule has 2 aromatic rings. The fourth-order valence-corrected chi connectivity index (χ4v) is 4.51. The Labute approximate surface area is 152 Å². The molecule has 5 nitrogen and oxygen atoms in total. The van der Waals surface area contributed by atoms with Gasteiger partial charge in [-0.05, 0) is 31.9 Å². The van der Waals surface area contributed by atoms with Gasteiger partial charge in [0.1, 0.15) is 5.76 Å². The van der Waals surface area contributed by atoms with Gasteiger partial charge in [0.05, 0.1) is 11.4 Å². The highest BCUT2D eigenvalue weighted by atomic mass is 32.2. The molecular formula is C19H25N3O2S. The number of likely N-dealkylation sites (tertiary alicyclic amines) is 1. The Bertz CT molecular complexity index is 697. The number of aromatic nitrogens is 1. The Morgan fingerprint density at radius 3 is 2.72 bits per heavy atom. The van der Waals surface area contributed by atoms with Crippen LogP contribution in [0.25, 0.3) is 0 Å². The van der Waals surface area contributed by atoms with Crippen molar-refractivity contribution in [3.05, 3.63) is 52.9 Å². The molecule has 6 heteroatoms. The SMILES string of the molecule is Cc1noc(C)c1CSCC(=O)N1C[C@@H](CN)[C@H](c2ccccc2)C1. The minimum absolute atomic E-state index is 0.189. The lowest BCUT2D eigenvalue weighted by Gasteiger charge is -2.16. The largest absolute Gasteiger partial charge is 0.361 e. The van der Waals surface area contributed by atoms with E-state index in [1.165, 1.54) is 5.56 Å². The molecule has 2 heterocycles. The monoisotopic (exact) mass is 359 g/mol. The molecule has 1 amide bonds. The summed E-state index contributed by atoms with van der Waals surface area (Å²) < 4.78 is 5.17. The Balaban J connectivity index is 1.56. The average Bonchev–Trinajstić information content (AvgIpc) is 3.20. The van der Waals surface area contributed by atoms with Crippen LogP contribution in [0, 0.1) is 19.8 Å². The molecule has 25 heavy (non-hydrogen) atoms. The van der Waals surface area contributed by atoms with E-state index in [4.69, 9.17) is 10.3 Å². The van der Waals surface area contributed by atoms with E-state index in [0.717, 1.165) is 35.9 Å². The Kier molecular flexibility index (Phi) is 5.81. The van der Waals surface area contributed by atoms with Crippen LogP contribution in [0.4, 0.5) is 0 Å². The lowest BCUT2D eigenvalue weighted by atomic mass is 9.89. The zero-order chi connectivity index (χ0) is 17.8. The van der Waals surface area contributed by atoms with Gasteiger partial charge in [-0.15, -0.1) is 11.8 Å². The second kappa shape index (κ2) is 8.06. The number of nitrogens with zero attached hydrogens (tertiary/aromatic N) is 2. The van der Waals surface area contributed by atoms with E-state index < -0.39 is 0 Å². The first kappa shape index (κ1) is 18.0. The first-order chi connectivity index (χ1) is 12.1. The molecule has 2 N–H and O–H groups in total. The first-order valence-corrected chi connectivity index (χ1v) is 9.78. The van der Waals surface area contributed by atoms with E-state index in [1.807, 2.05) is 36.9 Å². The minimum Gasteiger partial charge on any atom is -0.361 e. The average molecular weight is 359 g/mol. The number of carbonyl (C=O) groups is 1. The van der Waals surface area contributed by atoms with Gasteiger partial charge in [-0.2, -0.15) is 0 Å². The Morgan fingerprint density at radius 1 is 1.32 bits per heavy atom. The van der Waals surface area contributed by atoms with Crippen LogP contribution in [0.1, 0.15) is 28.5 Å². The van der Waals surface area contributed by atoms with E-state index in [-0.39, 0.29) is 5.91 Å². The van der Waals surface area contributed by atoms with Crippen LogP contribution in [0.5, 0.6) is 0 Å². The van der Waals surface area contributed by atoms with Gasteiger partial charge in [-0.25, -0.2) is 0 Å². The maximum atomic E-state index is 12.6. The van der Waals surface area contributed by atoms with Crippen molar-refractivity contribution in [2.75, 3.05) is 25.4 Å². The lowest BCUT2D eigenvalue weighted by molar-refractivity contribution is -0.127. The van der Waals surface area contributed by atoms with Crippen molar-refractivity contribution >= 4 is 17.7 Å². The number of thioether (sulfide) groups is 1. The van der Waals surface area contributed by atoms with Gasteiger partial charge in [0.25, 0.3) is 0 Å². The van der Waals surface area contributed by atoms with E-state index in [9.17, 15) is 4.79 Å². The third-order valence-corrected chi connectivity index (χ3v) is 5.92. The summed E-state index contributed by atoms with van der Waals surface area (Å²) in [5.41, 5.74) is 9.24. The summed E-state index contributed by atoms with van der Waals surface area (Å²) in [4.78, 5) is 14.6. The molecule has 3 rings (SSSR count). The molecular weight excluding hydrogens is 334 g/mol. The van der Waals surface area contributed by atoms with Crippen LogP contribution in [0.15, 0.2) is 34.9 Å². The molecule has 1 aromatic heterocycles. The fourth-order valence-electron chi connectivity index (χ4n) is 3.43. The van der Waals surface area contributed by atoms with Crippen LogP contribution in [-0.2, 0) is 10.5 Å². The molecule has 0 unspecified atom stereocenters. The van der Waals surface area contributed by atoms with Gasteiger partial charge in [-0.3, -0.25) is 4.79 Å². The van der Waals surface area contributed by atoms with E-state index in [2.05, 4.69) is 17.3 Å². The molecule has 134 valence electrons.